The van der Waals surface area contributed by atoms with Crippen molar-refractivity contribution in [1.82, 2.24) is 5.32 Å². The molecule has 152 valence electrons. The summed E-state index contributed by atoms with van der Waals surface area (Å²) in [6, 6.07) is 22.4. The molecule has 0 spiro atoms. The summed E-state index contributed by atoms with van der Waals surface area (Å²) < 4.78 is 11.9. The zero-order chi connectivity index (χ0) is 20.5. The van der Waals surface area contributed by atoms with Gasteiger partial charge in [0.1, 0.15) is 6.61 Å². The summed E-state index contributed by atoms with van der Waals surface area (Å²) in [5.74, 6) is 1.57. The maximum absolute atomic E-state index is 6.05. The molecule has 0 saturated heterocycles. The maximum Gasteiger partial charge on any atom is 0.161 e. The van der Waals surface area contributed by atoms with Crippen LogP contribution in [0, 0.1) is 6.92 Å². The van der Waals surface area contributed by atoms with Gasteiger partial charge < -0.3 is 14.8 Å². The van der Waals surface area contributed by atoms with Gasteiger partial charge in [-0.1, -0.05) is 54.1 Å². The fraction of sp³-hybridized carbons (Fsp3) is 0.280. The van der Waals surface area contributed by atoms with E-state index in [1.54, 1.807) is 0 Å². The first kappa shape index (κ1) is 21.2. The van der Waals surface area contributed by atoms with Gasteiger partial charge in [0.15, 0.2) is 11.5 Å². The molecule has 0 fully saturated rings. The zero-order valence-electron chi connectivity index (χ0n) is 17.1. The first-order valence-electron chi connectivity index (χ1n) is 10.0. The van der Waals surface area contributed by atoms with Crippen LogP contribution < -0.4 is 14.8 Å². The molecule has 0 unspecified atom stereocenters. The third-order valence-electron chi connectivity index (χ3n) is 4.79. The van der Waals surface area contributed by atoms with Crippen LogP contribution in [0.15, 0.2) is 66.7 Å². The van der Waals surface area contributed by atoms with Crippen molar-refractivity contribution in [1.29, 1.82) is 0 Å². The van der Waals surface area contributed by atoms with Crippen LogP contribution in [0.2, 0.25) is 5.02 Å². The van der Waals surface area contributed by atoms with Crippen LogP contribution in [0.5, 0.6) is 11.5 Å². The lowest BCUT2D eigenvalue weighted by atomic mass is 10.1. The molecule has 3 nitrogen and oxygen atoms in total. The number of ether oxygens (including phenoxy) is 2. The molecule has 4 heteroatoms. The molecule has 0 saturated carbocycles. The first-order chi connectivity index (χ1) is 14.2. The standard InChI is InChI=1S/C25H28ClNO2/c1-3-28-25-16-21(17-27-15-14-20-8-11-23(26)12-9-20)10-13-24(25)29-18-22-7-5-4-6-19(22)2/h4-13,16,27H,3,14-15,17-18H2,1-2H3. The second-order valence-corrected chi connectivity index (χ2v) is 7.42. The molecule has 0 amide bonds. The Morgan fingerprint density at radius 2 is 1.62 bits per heavy atom. The molecule has 3 aromatic carbocycles. The van der Waals surface area contributed by atoms with Gasteiger partial charge in [0.25, 0.3) is 0 Å². The molecular weight excluding hydrogens is 382 g/mol. The minimum Gasteiger partial charge on any atom is -0.490 e. The summed E-state index contributed by atoms with van der Waals surface area (Å²) in [7, 11) is 0. The number of aryl methyl sites for hydroxylation is 1. The van der Waals surface area contributed by atoms with Gasteiger partial charge in [-0.05, 0) is 73.3 Å². The zero-order valence-corrected chi connectivity index (χ0v) is 17.8. The monoisotopic (exact) mass is 409 g/mol. The Kier molecular flexibility index (Phi) is 7.97. The largest absolute Gasteiger partial charge is 0.490 e. The molecule has 0 aliphatic heterocycles. The van der Waals surface area contributed by atoms with Gasteiger partial charge in [-0.3, -0.25) is 0 Å². The highest BCUT2D eigenvalue weighted by Crippen LogP contribution is 2.29. The van der Waals surface area contributed by atoms with Crippen LogP contribution in [0.4, 0.5) is 0 Å². The highest BCUT2D eigenvalue weighted by molar-refractivity contribution is 6.30. The molecule has 29 heavy (non-hydrogen) atoms. The Labute approximate surface area is 178 Å². The van der Waals surface area contributed by atoms with Crippen molar-refractivity contribution in [2.45, 2.75) is 33.4 Å². The van der Waals surface area contributed by atoms with Crippen molar-refractivity contribution >= 4 is 11.6 Å². The van der Waals surface area contributed by atoms with Crippen molar-refractivity contribution in [3.63, 3.8) is 0 Å². The number of halogens is 1. The van der Waals surface area contributed by atoms with Crippen LogP contribution >= 0.6 is 11.6 Å². The molecule has 0 aliphatic rings. The second-order valence-electron chi connectivity index (χ2n) is 6.98. The summed E-state index contributed by atoms with van der Waals surface area (Å²) >= 11 is 5.93. The summed E-state index contributed by atoms with van der Waals surface area (Å²) in [6.07, 6.45) is 0.965. The third-order valence-corrected chi connectivity index (χ3v) is 5.04. The molecule has 0 aliphatic carbocycles. The summed E-state index contributed by atoms with van der Waals surface area (Å²) in [4.78, 5) is 0. The summed E-state index contributed by atoms with van der Waals surface area (Å²) in [5, 5.41) is 4.26. The van der Waals surface area contributed by atoms with E-state index in [1.165, 1.54) is 22.3 Å². The average molecular weight is 410 g/mol. The lowest BCUT2D eigenvalue weighted by Crippen LogP contribution is -2.16. The quantitative estimate of drug-likeness (QED) is 0.419. The minimum absolute atomic E-state index is 0.533. The van der Waals surface area contributed by atoms with Gasteiger partial charge in [-0.2, -0.15) is 0 Å². The van der Waals surface area contributed by atoms with Gasteiger partial charge in [-0.25, -0.2) is 0 Å². The lowest BCUT2D eigenvalue weighted by Gasteiger charge is -2.14. The maximum atomic E-state index is 6.05. The lowest BCUT2D eigenvalue weighted by molar-refractivity contribution is 0.268. The Morgan fingerprint density at radius 3 is 2.38 bits per heavy atom. The predicted octanol–water partition coefficient (Wildman–Crippen LogP) is 5.96. The van der Waals surface area contributed by atoms with Gasteiger partial charge >= 0.3 is 0 Å². The Bertz CT molecular complexity index is 909. The number of hydrogen-bond acceptors (Lipinski definition) is 3. The Balaban J connectivity index is 1.55. The van der Waals surface area contributed by atoms with Crippen molar-refractivity contribution in [3.8, 4) is 11.5 Å². The van der Waals surface area contributed by atoms with Crippen molar-refractivity contribution in [2.24, 2.45) is 0 Å². The van der Waals surface area contributed by atoms with Crippen LogP contribution in [0.1, 0.15) is 29.2 Å². The van der Waals surface area contributed by atoms with E-state index < -0.39 is 0 Å². The molecule has 1 N–H and O–H groups in total. The molecule has 3 aromatic rings. The van der Waals surface area contributed by atoms with E-state index in [0.29, 0.717) is 13.2 Å². The fourth-order valence-corrected chi connectivity index (χ4v) is 3.22. The topological polar surface area (TPSA) is 30.5 Å². The summed E-state index contributed by atoms with van der Waals surface area (Å²) in [5.41, 5.74) is 4.86. The SMILES string of the molecule is CCOc1cc(CNCCc2ccc(Cl)cc2)ccc1OCc1ccccc1C. The van der Waals surface area contributed by atoms with Gasteiger partial charge in [0.2, 0.25) is 0 Å². The van der Waals surface area contributed by atoms with Crippen LogP contribution in [-0.4, -0.2) is 13.2 Å². The van der Waals surface area contributed by atoms with E-state index in [-0.39, 0.29) is 0 Å². The van der Waals surface area contributed by atoms with Crippen molar-refractivity contribution in [2.75, 3.05) is 13.2 Å². The van der Waals surface area contributed by atoms with E-state index in [9.17, 15) is 0 Å². The average Bonchev–Trinajstić information content (AvgIpc) is 2.73. The van der Waals surface area contributed by atoms with Crippen LogP contribution in [0.3, 0.4) is 0 Å². The number of nitrogens with one attached hydrogen (secondary N) is 1. The van der Waals surface area contributed by atoms with E-state index >= 15 is 0 Å². The highest BCUT2D eigenvalue weighted by atomic mass is 35.5. The van der Waals surface area contributed by atoms with Crippen molar-refractivity contribution in [3.05, 3.63) is 94.0 Å². The van der Waals surface area contributed by atoms with Gasteiger partial charge in [0, 0.05) is 11.6 Å². The van der Waals surface area contributed by atoms with E-state index in [4.69, 9.17) is 21.1 Å². The second kappa shape index (κ2) is 10.9. The number of benzene rings is 3. The van der Waals surface area contributed by atoms with E-state index in [0.717, 1.165) is 36.0 Å². The minimum atomic E-state index is 0.533. The van der Waals surface area contributed by atoms with Gasteiger partial charge in [-0.15, -0.1) is 0 Å². The Hall–Kier alpha value is -2.49. The molecule has 0 atom stereocenters. The Morgan fingerprint density at radius 1 is 0.862 bits per heavy atom. The van der Waals surface area contributed by atoms with E-state index in [1.807, 2.05) is 37.3 Å². The predicted molar refractivity (Wildman–Crippen MR) is 120 cm³/mol. The highest BCUT2D eigenvalue weighted by Gasteiger charge is 2.08. The van der Waals surface area contributed by atoms with Crippen LogP contribution in [0.25, 0.3) is 0 Å². The number of hydrogen-bond donors (Lipinski definition) is 1. The normalized spacial score (nSPS) is 10.7. The van der Waals surface area contributed by atoms with Crippen LogP contribution in [-0.2, 0) is 19.6 Å². The molecule has 0 bridgehead atoms. The van der Waals surface area contributed by atoms with Crippen molar-refractivity contribution < 1.29 is 9.47 Å². The smallest absolute Gasteiger partial charge is 0.161 e. The summed E-state index contributed by atoms with van der Waals surface area (Å²) in [6.45, 7) is 6.91. The third kappa shape index (κ3) is 6.52. The number of rotatable bonds is 10. The first-order valence-corrected chi connectivity index (χ1v) is 10.4. The molecular formula is C25H28ClNO2. The van der Waals surface area contributed by atoms with Gasteiger partial charge in [0.05, 0.1) is 6.61 Å². The molecule has 0 aromatic heterocycles. The molecule has 0 radical (unpaired) electrons. The fourth-order valence-electron chi connectivity index (χ4n) is 3.09. The molecule has 3 rings (SSSR count). The molecule has 0 heterocycles. The van der Waals surface area contributed by atoms with E-state index in [2.05, 4.69) is 48.6 Å².